The van der Waals surface area contributed by atoms with Crippen molar-refractivity contribution in [3.8, 4) is 22.4 Å². The molecular weight excluding hydrogens is 310 g/mol. The number of benzene rings is 1. The predicted octanol–water partition coefficient (Wildman–Crippen LogP) is 3.71. The van der Waals surface area contributed by atoms with Gasteiger partial charge in [-0.3, -0.25) is 4.40 Å². The first kappa shape index (κ1) is 15.2. The third-order valence-electron chi connectivity index (χ3n) is 4.26. The molecule has 0 radical (unpaired) electrons. The molecule has 0 aliphatic heterocycles. The molecule has 0 spiro atoms. The van der Waals surface area contributed by atoms with Crippen LogP contribution in [0.15, 0.2) is 67.1 Å². The molecule has 1 aromatic carbocycles. The average molecular weight is 329 g/mol. The summed E-state index contributed by atoms with van der Waals surface area (Å²) in [6.07, 6.45) is 5.83. The maximum absolute atomic E-state index is 5.77. The molecule has 0 saturated heterocycles. The van der Waals surface area contributed by atoms with E-state index in [2.05, 4.69) is 32.6 Å². The van der Waals surface area contributed by atoms with Crippen molar-refractivity contribution in [3.05, 3.63) is 67.1 Å². The Morgan fingerprint density at radius 3 is 2.28 bits per heavy atom. The fraction of sp³-hybridized carbons (Fsp3) is 0.100. The standard InChI is InChI=1S/C20H19N5/c1-24(2)19-8-5-16(12-22-19)15-9-10-25-18(13-23-20(25)11-15)14-3-6-17(21)7-4-14/h3-13H,21H2,1-2H3. The first-order chi connectivity index (χ1) is 12.1. The van der Waals surface area contributed by atoms with Crippen LogP contribution < -0.4 is 10.6 Å². The van der Waals surface area contributed by atoms with E-state index in [0.717, 1.165) is 39.5 Å². The van der Waals surface area contributed by atoms with Crippen molar-refractivity contribution >= 4 is 17.2 Å². The molecule has 0 saturated carbocycles. The summed E-state index contributed by atoms with van der Waals surface area (Å²) in [5, 5.41) is 0. The molecule has 5 nitrogen and oxygen atoms in total. The van der Waals surface area contributed by atoms with E-state index in [1.807, 2.05) is 67.9 Å². The molecule has 25 heavy (non-hydrogen) atoms. The lowest BCUT2D eigenvalue weighted by molar-refractivity contribution is 1.07. The van der Waals surface area contributed by atoms with Gasteiger partial charge in [-0.1, -0.05) is 12.1 Å². The van der Waals surface area contributed by atoms with Crippen molar-refractivity contribution in [2.75, 3.05) is 24.7 Å². The monoisotopic (exact) mass is 329 g/mol. The second kappa shape index (κ2) is 5.94. The summed E-state index contributed by atoms with van der Waals surface area (Å²) >= 11 is 0. The molecule has 124 valence electrons. The molecule has 0 fully saturated rings. The highest BCUT2D eigenvalue weighted by Crippen LogP contribution is 2.26. The largest absolute Gasteiger partial charge is 0.399 e. The fourth-order valence-electron chi connectivity index (χ4n) is 2.85. The molecule has 0 amide bonds. The minimum atomic E-state index is 0.758. The third kappa shape index (κ3) is 2.80. The van der Waals surface area contributed by atoms with Crippen LogP contribution in [0.1, 0.15) is 0 Å². The molecule has 4 aromatic rings. The number of aromatic nitrogens is 3. The molecule has 3 aromatic heterocycles. The lowest BCUT2D eigenvalue weighted by Gasteiger charge is -2.11. The van der Waals surface area contributed by atoms with Gasteiger partial charge >= 0.3 is 0 Å². The second-order valence-electron chi connectivity index (χ2n) is 6.21. The lowest BCUT2D eigenvalue weighted by atomic mass is 10.1. The third-order valence-corrected chi connectivity index (χ3v) is 4.26. The van der Waals surface area contributed by atoms with Gasteiger partial charge in [0.15, 0.2) is 0 Å². The van der Waals surface area contributed by atoms with Gasteiger partial charge in [0.1, 0.15) is 11.5 Å². The normalized spacial score (nSPS) is 11.0. The average Bonchev–Trinajstić information content (AvgIpc) is 3.05. The first-order valence-electron chi connectivity index (χ1n) is 8.08. The number of nitrogens with two attached hydrogens (primary N) is 1. The Bertz CT molecular complexity index is 1010. The molecule has 0 atom stereocenters. The Kier molecular flexibility index (Phi) is 3.61. The van der Waals surface area contributed by atoms with E-state index in [9.17, 15) is 0 Å². The summed E-state index contributed by atoms with van der Waals surface area (Å²) in [5.41, 5.74) is 11.7. The summed E-state index contributed by atoms with van der Waals surface area (Å²) in [7, 11) is 3.97. The van der Waals surface area contributed by atoms with E-state index in [4.69, 9.17) is 5.73 Å². The number of imidazole rings is 1. The Morgan fingerprint density at radius 2 is 1.60 bits per heavy atom. The zero-order valence-corrected chi connectivity index (χ0v) is 14.2. The summed E-state index contributed by atoms with van der Waals surface area (Å²) in [6.45, 7) is 0. The number of rotatable bonds is 3. The van der Waals surface area contributed by atoms with Crippen molar-refractivity contribution in [1.82, 2.24) is 14.4 Å². The maximum atomic E-state index is 5.77. The number of anilines is 2. The van der Waals surface area contributed by atoms with Gasteiger partial charge in [0, 0.05) is 43.3 Å². The molecule has 3 heterocycles. The molecular formula is C20H19N5. The highest BCUT2D eigenvalue weighted by molar-refractivity contribution is 5.71. The number of pyridine rings is 2. The first-order valence-corrected chi connectivity index (χ1v) is 8.08. The molecule has 4 rings (SSSR count). The summed E-state index contributed by atoms with van der Waals surface area (Å²) in [6, 6.07) is 16.1. The van der Waals surface area contributed by atoms with Gasteiger partial charge in [-0.15, -0.1) is 0 Å². The predicted molar refractivity (Wildman–Crippen MR) is 103 cm³/mol. The number of hydrogen-bond acceptors (Lipinski definition) is 4. The maximum Gasteiger partial charge on any atom is 0.137 e. The van der Waals surface area contributed by atoms with Crippen LogP contribution in [-0.2, 0) is 0 Å². The summed E-state index contributed by atoms with van der Waals surface area (Å²) in [5.74, 6) is 0.941. The Balaban J connectivity index is 1.73. The second-order valence-corrected chi connectivity index (χ2v) is 6.21. The number of fused-ring (bicyclic) bond motifs is 1. The van der Waals surface area contributed by atoms with Crippen LogP contribution in [0, 0.1) is 0 Å². The molecule has 5 heteroatoms. The number of hydrogen-bond donors (Lipinski definition) is 1. The van der Waals surface area contributed by atoms with Gasteiger partial charge in [0.2, 0.25) is 0 Å². The van der Waals surface area contributed by atoms with Crippen LogP contribution in [0.3, 0.4) is 0 Å². The summed E-state index contributed by atoms with van der Waals surface area (Å²) < 4.78 is 2.08. The van der Waals surface area contributed by atoms with Crippen molar-refractivity contribution in [2.24, 2.45) is 0 Å². The van der Waals surface area contributed by atoms with Gasteiger partial charge in [-0.25, -0.2) is 9.97 Å². The van der Waals surface area contributed by atoms with Crippen LogP contribution in [0.2, 0.25) is 0 Å². The van der Waals surface area contributed by atoms with Gasteiger partial charge in [0.25, 0.3) is 0 Å². The van der Waals surface area contributed by atoms with Crippen LogP contribution >= 0.6 is 0 Å². The van der Waals surface area contributed by atoms with Crippen molar-refractivity contribution in [2.45, 2.75) is 0 Å². The highest BCUT2D eigenvalue weighted by atomic mass is 15.1. The van der Waals surface area contributed by atoms with E-state index < -0.39 is 0 Å². The smallest absolute Gasteiger partial charge is 0.137 e. The molecule has 0 bridgehead atoms. The van der Waals surface area contributed by atoms with E-state index in [-0.39, 0.29) is 0 Å². The number of nitrogen functional groups attached to an aromatic ring is 1. The van der Waals surface area contributed by atoms with E-state index in [1.165, 1.54) is 0 Å². The van der Waals surface area contributed by atoms with Gasteiger partial charge < -0.3 is 10.6 Å². The zero-order valence-electron chi connectivity index (χ0n) is 14.2. The molecule has 0 aliphatic rings. The zero-order chi connectivity index (χ0) is 17.4. The van der Waals surface area contributed by atoms with E-state index in [1.54, 1.807) is 0 Å². The minimum Gasteiger partial charge on any atom is -0.399 e. The van der Waals surface area contributed by atoms with Crippen LogP contribution in [0.4, 0.5) is 11.5 Å². The van der Waals surface area contributed by atoms with Gasteiger partial charge in [-0.05, 0) is 42.0 Å². The quantitative estimate of drug-likeness (QED) is 0.582. The Labute approximate surface area is 146 Å². The van der Waals surface area contributed by atoms with Crippen molar-refractivity contribution in [1.29, 1.82) is 0 Å². The van der Waals surface area contributed by atoms with Crippen molar-refractivity contribution < 1.29 is 0 Å². The van der Waals surface area contributed by atoms with Crippen LogP contribution in [-0.4, -0.2) is 28.5 Å². The molecule has 0 unspecified atom stereocenters. The Morgan fingerprint density at radius 1 is 0.840 bits per heavy atom. The van der Waals surface area contributed by atoms with Gasteiger partial charge in [-0.2, -0.15) is 0 Å². The highest BCUT2D eigenvalue weighted by Gasteiger charge is 2.08. The topological polar surface area (TPSA) is 59.5 Å². The lowest BCUT2D eigenvalue weighted by Crippen LogP contribution is -2.09. The van der Waals surface area contributed by atoms with E-state index in [0.29, 0.717) is 0 Å². The molecule has 0 aliphatic carbocycles. The van der Waals surface area contributed by atoms with Crippen molar-refractivity contribution in [3.63, 3.8) is 0 Å². The number of nitrogens with zero attached hydrogens (tertiary/aromatic N) is 4. The SMILES string of the molecule is CN(C)c1ccc(-c2ccn3c(-c4ccc(N)cc4)cnc3c2)cn1. The van der Waals surface area contributed by atoms with Gasteiger partial charge in [0.05, 0.1) is 11.9 Å². The Hall–Kier alpha value is -3.34. The molecule has 2 N–H and O–H groups in total. The summed E-state index contributed by atoms with van der Waals surface area (Å²) in [4.78, 5) is 11.0. The fourth-order valence-corrected chi connectivity index (χ4v) is 2.85. The van der Waals surface area contributed by atoms with Crippen LogP contribution in [0.25, 0.3) is 28.0 Å². The van der Waals surface area contributed by atoms with E-state index >= 15 is 0 Å². The minimum absolute atomic E-state index is 0.758. The van der Waals surface area contributed by atoms with Crippen LogP contribution in [0.5, 0.6) is 0 Å².